The van der Waals surface area contributed by atoms with Crippen molar-refractivity contribution in [2.75, 3.05) is 11.1 Å². The van der Waals surface area contributed by atoms with Gasteiger partial charge in [-0.05, 0) is 37.1 Å². The molecule has 1 aromatic heterocycles. The highest BCUT2D eigenvalue weighted by Gasteiger charge is 2.27. The second kappa shape index (κ2) is 3.89. The number of fused-ring (bicyclic) bond motifs is 1. The number of hydrogen-bond acceptors (Lipinski definition) is 4. The van der Waals surface area contributed by atoms with E-state index in [1.54, 1.807) is 6.20 Å². The lowest BCUT2D eigenvalue weighted by atomic mass is 9.89. The molecule has 2 aromatic rings. The van der Waals surface area contributed by atoms with Crippen LogP contribution >= 0.6 is 0 Å². The van der Waals surface area contributed by atoms with E-state index in [9.17, 15) is 5.11 Å². The first-order valence-electron chi connectivity index (χ1n) is 5.82. The Morgan fingerprint density at radius 2 is 2.12 bits per heavy atom. The van der Waals surface area contributed by atoms with E-state index in [4.69, 9.17) is 5.73 Å². The van der Waals surface area contributed by atoms with Gasteiger partial charge in [-0.1, -0.05) is 0 Å². The Labute approximate surface area is 99.5 Å². The second-order valence-electron chi connectivity index (χ2n) is 4.57. The van der Waals surface area contributed by atoms with Crippen molar-refractivity contribution in [1.29, 1.82) is 0 Å². The first-order valence-corrected chi connectivity index (χ1v) is 5.82. The topological polar surface area (TPSA) is 71.2 Å². The maximum atomic E-state index is 9.28. The molecule has 1 fully saturated rings. The quantitative estimate of drug-likeness (QED) is 0.686. The summed E-state index contributed by atoms with van der Waals surface area (Å²) in [5, 5.41) is 13.7. The van der Waals surface area contributed by atoms with Gasteiger partial charge in [0.1, 0.15) is 0 Å². The summed E-state index contributed by atoms with van der Waals surface area (Å²) in [6.45, 7) is 0. The van der Waals surface area contributed by atoms with Crippen LogP contribution in [0.4, 0.5) is 11.4 Å². The van der Waals surface area contributed by atoms with Crippen LogP contribution in [0, 0.1) is 0 Å². The fourth-order valence-corrected chi connectivity index (χ4v) is 2.25. The molecule has 1 saturated carbocycles. The lowest BCUT2D eigenvalue weighted by Crippen LogP contribution is -2.38. The minimum atomic E-state index is -0.148. The van der Waals surface area contributed by atoms with E-state index in [0.717, 1.165) is 29.4 Å². The fraction of sp³-hybridized carbons (Fsp3) is 0.308. The first-order chi connectivity index (χ1) is 8.24. The Hall–Kier alpha value is -1.81. The van der Waals surface area contributed by atoms with Gasteiger partial charge in [0.15, 0.2) is 0 Å². The normalized spacial score (nSPS) is 23.4. The molecule has 3 rings (SSSR count). The molecule has 0 atom stereocenters. The van der Waals surface area contributed by atoms with Gasteiger partial charge in [-0.25, -0.2) is 0 Å². The lowest BCUT2D eigenvalue weighted by Gasteiger charge is -2.33. The van der Waals surface area contributed by atoms with E-state index in [2.05, 4.69) is 10.3 Å². The first kappa shape index (κ1) is 10.4. The average molecular weight is 229 g/mol. The summed E-state index contributed by atoms with van der Waals surface area (Å²) in [5.41, 5.74) is 8.46. The number of hydrogen-bond donors (Lipinski definition) is 3. The Morgan fingerprint density at radius 1 is 1.29 bits per heavy atom. The number of aromatic nitrogens is 1. The maximum Gasteiger partial charge on any atom is 0.0951 e. The number of aliphatic hydroxyl groups excluding tert-OH is 1. The third-order valence-electron chi connectivity index (χ3n) is 3.27. The van der Waals surface area contributed by atoms with Crippen molar-refractivity contribution < 1.29 is 5.11 Å². The minimum absolute atomic E-state index is 0.148. The smallest absolute Gasteiger partial charge is 0.0951 e. The highest BCUT2D eigenvalue weighted by molar-refractivity contribution is 5.98. The monoisotopic (exact) mass is 229 g/mol. The zero-order chi connectivity index (χ0) is 11.8. The molecule has 0 radical (unpaired) electrons. The van der Waals surface area contributed by atoms with Gasteiger partial charge >= 0.3 is 0 Å². The largest absolute Gasteiger partial charge is 0.397 e. The van der Waals surface area contributed by atoms with E-state index in [1.807, 2.05) is 24.3 Å². The Bertz CT molecular complexity index is 549. The predicted molar refractivity (Wildman–Crippen MR) is 68.8 cm³/mol. The second-order valence-corrected chi connectivity index (χ2v) is 4.57. The molecule has 0 spiro atoms. The van der Waals surface area contributed by atoms with Gasteiger partial charge < -0.3 is 16.2 Å². The number of pyridine rings is 1. The highest BCUT2D eigenvalue weighted by atomic mass is 16.3. The third kappa shape index (κ3) is 1.80. The van der Waals surface area contributed by atoms with Crippen molar-refractivity contribution in [2.45, 2.75) is 25.0 Å². The molecule has 0 saturated heterocycles. The standard InChI is InChI=1S/C13H15N3O/c14-11-3-4-12(16-8-6-9(17)7-8)10-2-1-5-15-13(10)11/h1-5,8-9,16-17H,6-7,14H2. The Kier molecular flexibility index (Phi) is 2.37. The fourth-order valence-electron chi connectivity index (χ4n) is 2.25. The molecule has 0 bridgehead atoms. The van der Waals surface area contributed by atoms with Crippen LogP contribution in [-0.4, -0.2) is 22.2 Å². The van der Waals surface area contributed by atoms with Crippen molar-refractivity contribution in [3.63, 3.8) is 0 Å². The van der Waals surface area contributed by atoms with Crippen LogP contribution in [0.1, 0.15) is 12.8 Å². The average Bonchev–Trinajstić information content (AvgIpc) is 2.31. The Balaban J connectivity index is 1.96. The Morgan fingerprint density at radius 3 is 2.88 bits per heavy atom. The van der Waals surface area contributed by atoms with Crippen molar-refractivity contribution in [1.82, 2.24) is 4.98 Å². The number of nitrogen functional groups attached to an aromatic ring is 1. The number of anilines is 2. The molecule has 1 aromatic carbocycles. The summed E-state index contributed by atoms with van der Waals surface area (Å²) >= 11 is 0. The van der Waals surface area contributed by atoms with Gasteiger partial charge in [0.2, 0.25) is 0 Å². The number of aliphatic hydroxyl groups is 1. The molecule has 4 nitrogen and oxygen atoms in total. The molecule has 1 aliphatic rings. The molecule has 4 N–H and O–H groups in total. The van der Waals surface area contributed by atoms with Crippen LogP contribution in [0.2, 0.25) is 0 Å². The molecule has 0 amide bonds. The van der Waals surface area contributed by atoms with Gasteiger partial charge in [-0.2, -0.15) is 0 Å². The van der Waals surface area contributed by atoms with Gasteiger partial charge in [0, 0.05) is 23.3 Å². The van der Waals surface area contributed by atoms with Gasteiger partial charge in [0.05, 0.1) is 17.3 Å². The number of rotatable bonds is 2. The van der Waals surface area contributed by atoms with Crippen LogP contribution in [-0.2, 0) is 0 Å². The van der Waals surface area contributed by atoms with E-state index in [1.165, 1.54) is 0 Å². The third-order valence-corrected chi connectivity index (χ3v) is 3.27. The maximum absolute atomic E-state index is 9.28. The molecule has 17 heavy (non-hydrogen) atoms. The zero-order valence-corrected chi connectivity index (χ0v) is 9.43. The molecular weight excluding hydrogens is 214 g/mol. The van der Waals surface area contributed by atoms with Gasteiger partial charge in [-0.3, -0.25) is 4.98 Å². The molecular formula is C13H15N3O. The summed E-state index contributed by atoms with van der Waals surface area (Å²) < 4.78 is 0. The summed E-state index contributed by atoms with van der Waals surface area (Å²) in [6, 6.07) is 8.12. The van der Waals surface area contributed by atoms with E-state index < -0.39 is 0 Å². The zero-order valence-electron chi connectivity index (χ0n) is 9.43. The summed E-state index contributed by atoms with van der Waals surface area (Å²) in [7, 11) is 0. The molecule has 0 aliphatic heterocycles. The van der Waals surface area contributed by atoms with Crippen molar-refractivity contribution in [2.24, 2.45) is 0 Å². The number of nitrogens with two attached hydrogens (primary N) is 1. The van der Waals surface area contributed by atoms with Crippen LogP contribution in [0.3, 0.4) is 0 Å². The van der Waals surface area contributed by atoms with Crippen LogP contribution in [0.25, 0.3) is 10.9 Å². The number of benzene rings is 1. The van der Waals surface area contributed by atoms with Crippen LogP contribution in [0.15, 0.2) is 30.5 Å². The van der Waals surface area contributed by atoms with Crippen LogP contribution in [0.5, 0.6) is 0 Å². The SMILES string of the molecule is Nc1ccc(NC2CC(O)C2)c2cccnc12. The highest BCUT2D eigenvalue weighted by Crippen LogP contribution is 2.30. The molecule has 0 unspecified atom stereocenters. The predicted octanol–water partition coefficient (Wildman–Crippen LogP) is 1.75. The summed E-state index contributed by atoms with van der Waals surface area (Å²) in [4.78, 5) is 4.29. The summed E-state index contributed by atoms with van der Waals surface area (Å²) in [6.07, 6.45) is 3.22. The molecule has 4 heteroatoms. The summed E-state index contributed by atoms with van der Waals surface area (Å²) in [5.74, 6) is 0. The van der Waals surface area contributed by atoms with Crippen molar-refractivity contribution in [3.05, 3.63) is 30.5 Å². The van der Waals surface area contributed by atoms with E-state index in [-0.39, 0.29) is 6.10 Å². The number of nitrogens with zero attached hydrogens (tertiary/aromatic N) is 1. The molecule has 88 valence electrons. The van der Waals surface area contributed by atoms with Crippen LogP contribution < -0.4 is 11.1 Å². The molecule has 1 heterocycles. The van der Waals surface area contributed by atoms with Gasteiger partial charge in [0.25, 0.3) is 0 Å². The van der Waals surface area contributed by atoms with E-state index >= 15 is 0 Å². The molecule has 1 aliphatic carbocycles. The lowest BCUT2D eigenvalue weighted by molar-refractivity contribution is 0.0837. The van der Waals surface area contributed by atoms with Crippen molar-refractivity contribution in [3.8, 4) is 0 Å². The van der Waals surface area contributed by atoms with Crippen molar-refractivity contribution >= 4 is 22.3 Å². The minimum Gasteiger partial charge on any atom is -0.397 e. The van der Waals surface area contributed by atoms with E-state index in [0.29, 0.717) is 11.7 Å². The number of nitrogens with one attached hydrogen (secondary N) is 1. The van der Waals surface area contributed by atoms with Gasteiger partial charge in [-0.15, -0.1) is 0 Å².